The minimum atomic E-state index is 0.341. The number of hydrogen-bond acceptors (Lipinski definition) is 5. The van der Waals surface area contributed by atoms with E-state index < -0.39 is 0 Å². The van der Waals surface area contributed by atoms with E-state index in [-0.39, 0.29) is 0 Å². The van der Waals surface area contributed by atoms with Gasteiger partial charge >= 0.3 is 0 Å². The molecule has 0 saturated carbocycles. The number of rotatable bonds is 3. The Bertz CT molecular complexity index is 395. The monoisotopic (exact) mass is 190 g/mol. The zero-order chi connectivity index (χ0) is 9.80. The van der Waals surface area contributed by atoms with Gasteiger partial charge in [-0.15, -0.1) is 5.10 Å². The van der Waals surface area contributed by atoms with Gasteiger partial charge in [0.05, 0.1) is 13.1 Å². The second-order valence-corrected chi connectivity index (χ2v) is 2.82. The Labute approximate surface area is 80.8 Å². The number of tetrazole rings is 1. The second-order valence-electron chi connectivity index (χ2n) is 2.82. The molecule has 0 radical (unpaired) electrons. The minimum absolute atomic E-state index is 0.341. The minimum Gasteiger partial charge on any atom is -0.324 e. The molecule has 2 rings (SSSR count). The molecule has 0 amide bonds. The van der Waals surface area contributed by atoms with Crippen LogP contribution in [0.4, 0.5) is 0 Å². The SMILES string of the molecule is NCc1nnnn1Cc1cccnc1. The van der Waals surface area contributed by atoms with Crippen molar-refractivity contribution in [3.8, 4) is 0 Å². The molecule has 0 bridgehead atoms. The molecular formula is C8H10N6. The molecule has 0 spiro atoms. The van der Waals surface area contributed by atoms with E-state index in [0.29, 0.717) is 18.9 Å². The Kier molecular flexibility index (Phi) is 2.46. The van der Waals surface area contributed by atoms with Crippen LogP contribution >= 0.6 is 0 Å². The average Bonchev–Trinajstić information content (AvgIpc) is 2.67. The summed E-state index contributed by atoms with van der Waals surface area (Å²) in [7, 11) is 0. The lowest BCUT2D eigenvalue weighted by Crippen LogP contribution is -2.10. The van der Waals surface area contributed by atoms with E-state index in [1.807, 2.05) is 12.1 Å². The third kappa shape index (κ3) is 1.74. The first kappa shape index (κ1) is 8.76. The van der Waals surface area contributed by atoms with Crippen LogP contribution in [0.3, 0.4) is 0 Å². The van der Waals surface area contributed by atoms with E-state index in [0.717, 1.165) is 5.56 Å². The number of nitrogens with zero attached hydrogens (tertiary/aromatic N) is 5. The molecule has 2 N–H and O–H groups in total. The Morgan fingerprint density at radius 2 is 2.36 bits per heavy atom. The van der Waals surface area contributed by atoms with Crippen molar-refractivity contribution in [2.24, 2.45) is 5.73 Å². The molecule has 2 aromatic rings. The zero-order valence-corrected chi connectivity index (χ0v) is 7.54. The summed E-state index contributed by atoms with van der Waals surface area (Å²) in [5.41, 5.74) is 6.52. The van der Waals surface area contributed by atoms with E-state index in [4.69, 9.17) is 5.73 Å². The van der Waals surface area contributed by atoms with Crippen LogP contribution in [0.2, 0.25) is 0 Å². The summed E-state index contributed by atoms with van der Waals surface area (Å²) in [5, 5.41) is 11.2. The quantitative estimate of drug-likeness (QED) is 0.710. The van der Waals surface area contributed by atoms with Gasteiger partial charge in [0.1, 0.15) is 0 Å². The van der Waals surface area contributed by atoms with Crippen molar-refractivity contribution in [1.82, 2.24) is 25.2 Å². The van der Waals surface area contributed by atoms with E-state index in [1.54, 1.807) is 17.1 Å². The van der Waals surface area contributed by atoms with E-state index in [2.05, 4.69) is 20.5 Å². The highest BCUT2D eigenvalue weighted by Crippen LogP contribution is 2.00. The van der Waals surface area contributed by atoms with Gasteiger partial charge in [-0.05, 0) is 22.1 Å². The van der Waals surface area contributed by atoms with Gasteiger partial charge in [-0.2, -0.15) is 0 Å². The first-order valence-electron chi connectivity index (χ1n) is 4.24. The number of aromatic nitrogens is 5. The van der Waals surface area contributed by atoms with Crippen LogP contribution in [-0.4, -0.2) is 25.2 Å². The largest absolute Gasteiger partial charge is 0.324 e. The first-order chi connectivity index (χ1) is 6.90. The molecule has 0 aliphatic carbocycles. The lowest BCUT2D eigenvalue weighted by atomic mass is 10.3. The van der Waals surface area contributed by atoms with Gasteiger partial charge in [0.25, 0.3) is 0 Å². The van der Waals surface area contributed by atoms with E-state index in [1.165, 1.54) is 0 Å². The zero-order valence-electron chi connectivity index (χ0n) is 7.54. The van der Waals surface area contributed by atoms with Crippen LogP contribution in [0, 0.1) is 0 Å². The van der Waals surface area contributed by atoms with Gasteiger partial charge in [0, 0.05) is 12.4 Å². The second kappa shape index (κ2) is 3.93. The normalized spacial score (nSPS) is 10.4. The Hall–Kier alpha value is -1.82. The molecule has 0 aliphatic rings. The molecule has 0 aliphatic heterocycles. The van der Waals surface area contributed by atoms with Crippen LogP contribution in [0.1, 0.15) is 11.4 Å². The molecule has 72 valence electrons. The molecule has 0 unspecified atom stereocenters. The van der Waals surface area contributed by atoms with Crippen molar-refractivity contribution >= 4 is 0 Å². The summed E-state index contributed by atoms with van der Waals surface area (Å²) in [6, 6.07) is 3.84. The van der Waals surface area contributed by atoms with Crippen molar-refractivity contribution in [2.45, 2.75) is 13.1 Å². The summed E-state index contributed by atoms with van der Waals surface area (Å²) in [4.78, 5) is 4.01. The molecular weight excluding hydrogens is 180 g/mol. The molecule has 6 nitrogen and oxygen atoms in total. The average molecular weight is 190 g/mol. The summed E-state index contributed by atoms with van der Waals surface area (Å²) in [5.74, 6) is 0.675. The topological polar surface area (TPSA) is 82.5 Å². The van der Waals surface area contributed by atoms with Gasteiger partial charge in [0.15, 0.2) is 5.82 Å². The highest BCUT2D eigenvalue weighted by molar-refractivity contribution is 5.08. The Morgan fingerprint density at radius 1 is 1.43 bits per heavy atom. The maximum Gasteiger partial charge on any atom is 0.165 e. The molecule has 0 fully saturated rings. The number of nitrogens with two attached hydrogens (primary N) is 1. The van der Waals surface area contributed by atoms with Crippen molar-refractivity contribution < 1.29 is 0 Å². The van der Waals surface area contributed by atoms with E-state index in [9.17, 15) is 0 Å². The molecule has 0 saturated heterocycles. The summed E-state index contributed by atoms with van der Waals surface area (Å²) in [6.45, 7) is 0.945. The van der Waals surface area contributed by atoms with E-state index >= 15 is 0 Å². The van der Waals surface area contributed by atoms with Gasteiger partial charge < -0.3 is 5.73 Å². The summed E-state index contributed by atoms with van der Waals surface area (Å²) in [6.07, 6.45) is 3.51. The van der Waals surface area contributed by atoms with Crippen molar-refractivity contribution in [3.63, 3.8) is 0 Å². The Morgan fingerprint density at radius 3 is 3.07 bits per heavy atom. The van der Waals surface area contributed by atoms with Crippen LogP contribution in [-0.2, 0) is 13.1 Å². The van der Waals surface area contributed by atoms with Crippen LogP contribution < -0.4 is 5.73 Å². The molecule has 2 aromatic heterocycles. The maximum atomic E-state index is 5.47. The summed E-state index contributed by atoms with van der Waals surface area (Å²) < 4.78 is 1.66. The third-order valence-electron chi connectivity index (χ3n) is 1.84. The fourth-order valence-electron chi connectivity index (χ4n) is 1.16. The maximum absolute atomic E-state index is 5.47. The molecule has 2 heterocycles. The highest BCUT2D eigenvalue weighted by Gasteiger charge is 2.03. The van der Waals surface area contributed by atoms with Crippen LogP contribution in [0.15, 0.2) is 24.5 Å². The van der Waals surface area contributed by atoms with Gasteiger partial charge in [-0.1, -0.05) is 6.07 Å². The standard InChI is InChI=1S/C8H10N6/c9-4-8-11-12-13-14(8)6-7-2-1-3-10-5-7/h1-3,5H,4,6,9H2. The number of pyridine rings is 1. The van der Waals surface area contributed by atoms with Gasteiger partial charge in [-0.25, -0.2) is 4.68 Å². The molecule has 0 atom stereocenters. The van der Waals surface area contributed by atoms with Crippen molar-refractivity contribution in [2.75, 3.05) is 0 Å². The van der Waals surface area contributed by atoms with Crippen molar-refractivity contribution in [1.29, 1.82) is 0 Å². The van der Waals surface area contributed by atoms with Crippen molar-refractivity contribution in [3.05, 3.63) is 35.9 Å². The van der Waals surface area contributed by atoms with Gasteiger partial charge in [0.2, 0.25) is 0 Å². The predicted octanol–water partition coefficient (Wildman–Crippen LogP) is -0.425. The lowest BCUT2D eigenvalue weighted by Gasteiger charge is -2.01. The van der Waals surface area contributed by atoms with Crippen LogP contribution in [0.5, 0.6) is 0 Å². The van der Waals surface area contributed by atoms with Gasteiger partial charge in [-0.3, -0.25) is 4.98 Å². The lowest BCUT2D eigenvalue weighted by molar-refractivity contribution is 0.618. The van der Waals surface area contributed by atoms with Crippen LogP contribution in [0.25, 0.3) is 0 Å². The fourth-order valence-corrected chi connectivity index (χ4v) is 1.16. The fraction of sp³-hybridized carbons (Fsp3) is 0.250. The first-order valence-corrected chi connectivity index (χ1v) is 4.24. The highest BCUT2D eigenvalue weighted by atomic mass is 15.5. The third-order valence-corrected chi connectivity index (χ3v) is 1.84. The molecule has 6 heteroatoms. The predicted molar refractivity (Wildman–Crippen MR) is 49.0 cm³/mol. The number of hydrogen-bond donors (Lipinski definition) is 1. The summed E-state index contributed by atoms with van der Waals surface area (Å²) >= 11 is 0. The smallest absolute Gasteiger partial charge is 0.165 e. The Balaban J connectivity index is 2.19. The molecule has 0 aromatic carbocycles. The molecule has 14 heavy (non-hydrogen) atoms.